The fourth-order valence-corrected chi connectivity index (χ4v) is 5.43. The Balaban J connectivity index is 1.77. The molecule has 178 valence electrons. The summed E-state index contributed by atoms with van der Waals surface area (Å²) < 4.78 is 0. The zero-order valence-electron chi connectivity index (χ0n) is 18.7. The van der Waals surface area contributed by atoms with Crippen molar-refractivity contribution in [2.45, 2.75) is 69.0 Å². The van der Waals surface area contributed by atoms with Crippen molar-refractivity contribution in [3.63, 3.8) is 0 Å². The second kappa shape index (κ2) is 12.9. The van der Waals surface area contributed by atoms with Gasteiger partial charge in [-0.2, -0.15) is 0 Å². The van der Waals surface area contributed by atoms with E-state index in [1.165, 1.54) is 18.2 Å². The molecular weight excluding hydrogens is 499 g/mol. The molecule has 0 saturated heterocycles. The van der Waals surface area contributed by atoms with Crippen molar-refractivity contribution in [2.75, 3.05) is 5.75 Å². The molecule has 2 aromatic rings. The van der Waals surface area contributed by atoms with Gasteiger partial charge in [0.15, 0.2) is 0 Å². The van der Waals surface area contributed by atoms with E-state index in [9.17, 15) is 9.59 Å². The lowest BCUT2D eigenvalue weighted by Crippen LogP contribution is -2.52. The fraction of sp³-hybridized carbons (Fsp3) is 0.440. The number of benzene rings is 2. The number of amides is 2. The molecule has 2 aromatic carbocycles. The van der Waals surface area contributed by atoms with E-state index >= 15 is 0 Å². The highest BCUT2D eigenvalue weighted by atomic mass is 35.5. The number of carbonyl (C=O) groups excluding carboxylic acids is 2. The van der Waals surface area contributed by atoms with Crippen molar-refractivity contribution < 1.29 is 9.59 Å². The average Bonchev–Trinajstić information content (AvgIpc) is 2.80. The van der Waals surface area contributed by atoms with Crippen LogP contribution in [-0.4, -0.2) is 34.6 Å². The van der Waals surface area contributed by atoms with Gasteiger partial charge in [-0.1, -0.05) is 67.1 Å². The maximum absolute atomic E-state index is 13.4. The number of hydrogen-bond donors (Lipinski definition) is 1. The van der Waals surface area contributed by atoms with E-state index in [0.717, 1.165) is 36.1 Å². The topological polar surface area (TPSA) is 49.4 Å². The van der Waals surface area contributed by atoms with Gasteiger partial charge in [0.05, 0.1) is 5.75 Å². The molecule has 1 saturated carbocycles. The second-order valence-corrected chi connectivity index (χ2v) is 10.6. The van der Waals surface area contributed by atoms with Gasteiger partial charge in [-0.15, -0.1) is 11.8 Å². The smallest absolute Gasteiger partial charge is 0.243 e. The van der Waals surface area contributed by atoms with E-state index in [0.29, 0.717) is 21.5 Å². The van der Waals surface area contributed by atoms with Gasteiger partial charge >= 0.3 is 0 Å². The van der Waals surface area contributed by atoms with E-state index in [2.05, 4.69) is 5.32 Å². The van der Waals surface area contributed by atoms with E-state index in [-0.39, 0.29) is 30.2 Å². The third-order valence-electron chi connectivity index (χ3n) is 5.87. The first-order valence-corrected chi connectivity index (χ1v) is 13.4. The number of hydrogen-bond acceptors (Lipinski definition) is 3. The fourth-order valence-electron chi connectivity index (χ4n) is 4.06. The van der Waals surface area contributed by atoms with Gasteiger partial charge in [0.1, 0.15) is 6.04 Å². The van der Waals surface area contributed by atoms with Crippen LogP contribution in [0.15, 0.2) is 47.4 Å². The van der Waals surface area contributed by atoms with Crippen molar-refractivity contribution in [1.82, 2.24) is 10.2 Å². The van der Waals surface area contributed by atoms with Crippen molar-refractivity contribution in [3.05, 3.63) is 63.1 Å². The van der Waals surface area contributed by atoms with Crippen molar-refractivity contribution in [1.29, 1.82) is 0 Å². The molecule has 1 N–H and O–H groups in total. The Bertz CT molecular complexity index is 949. The van der Waals surface area contributed by atoms with Crippen LogP contribution < -0.4 is 5.32 Å². The third kappa shape index (κ3) is 7.81. The SMILES string of the molecule is CC[C@H](C(=O)NC1CCCCC1)N(Cc1ccc(Cl)cc1Cl)C(=O)CSc1ccc(Cl)cc1. The maximum atomic E-state index is 13.4. The van der Waals surface area contributed by atoms with Crippen LogP contribution >= 0.6 is 46.6 Å². The molecule has 3 rings (SSSR count). The summed E-state index contributed by atoms with van der Waals surface area (Å²) in [6.45, 7) is 2.17. The molecule has 0 bridgehead atoms. The van der Waals surface area contributed by atoms with Crippen LogP contribution in [0.5, 0.6) is 0 Å². The first kappa shape index (κ1) is 26.2. The molecule has 0 unspecified atom stereocenters. The molecule has 1 aliphatic carbocycles. The average molecular weight is 528 g/mol. The van der Waals surface area contributed by atoms with E-state index in [1.807, 2.05) is 25.1 Å². The summed E-state index contributed by atoms with van der Waals surface area (Å²) in [4.78, 5) is 29.2. The van der Waals surface area contributed by atoms with E-state index < -0.39 is 6.04 Å². The highest BCUT2D eigenvalue weighted by Gasteiger charge is 2.30. The van der Waals surface area contributed by atoms with Gasteiger partial charge in [-0.05, 0) is 61.2 Å². The molecule has 8 heteroatoms. The minimum absolute atomic E-state index is 0.0978. The van der Waals surface area contributed by atoms with Gasteiger partial charge in [0.2, 0.25) is 11.8 Å². The molecule has 0 aliphatic heterocycles. The van der Waals surface area contributed by atoms with Crippen LogP contribution in [0, 0.1) is 0 Å². The quantitative estimate of drug-likeness (QED) is 0.357. The molecule has 0 spiro atoms. The molecule has 0 radical (unpaired) electrons. The summed E-state index contributed by atoms with van der Waals surface area (Å²) in [7, 11) is 0. The monoisotopic (exact) mass is 526 g/mol. The summed E-state index contributed by atoms with van der Waals surface area (Å²) in [6, 6.07) is 12.2. The van der Waals surface area contributed by atoms with E-state index in [1.54, 1.807) is 29.2 Å². The van der Waals surface area contributed by atoms with Crippen molar-refractivity contribution in [2.24, 2.45) is 0 Å². The number of rotatable bonds is 9. The van der Waals surface area contributed by atoms with Gasteiger partial charge < -0.3 is 10.2 Å². The Kier molecular flexibility index (Phi) is 10.2. The van der Waals surface area contributed by atoms with Gasteiger partial charge in [0, 0.05) is 32.5 Å². The Morgan fingerprint density at radius 3 is 2.33 bits per heavy atom. The third-order valence-corrected chi connectivity index (χ3v) is 7.70. The maximum Gasteiger partial charge on any atom is 0.243 e. The zero-order valence-corrected chi connectivity index (χ0v) is 21.7. The predicted molar refractivity (Wildman–Crippen MR) is 138 cm³/mol. The Hall–Kier alpha value is -1.40. The first-order chi connectivity index (χ1) is 15.9. The number of thioether (sulfide) groups is 1. The lowest BCUT2D eigenvalue weighted by Gasteiger charge is -2.33. The molecule has 0 aromatic heterocycles. The molecule has 33 heavy (non-hydrogen) atoms. The lowest BCUT2D eigenvalue weighted by molar-refractivity contribution is -0.139. The van der Waals surface area contributed by atoms with Crippen molar-refractivity contribution >= 4 is 58.4 Å². The molecule has 1 atom stereocenters. The van der Waals surface area contributed by atoms with Gasteiger partial charge in [0.25, 0.3) is 0 Å². The minimum atomic E-state index is -0.572. The van der Waals surface area contributed by atoms with Crippen LogP contribution in [0.25, 0.3) is 0 Å². The summed E-state index contributed by atoms with van der Waals surface area (Å²) in [5, 5.41) is 4.84. The molecule has 1 fully saturated rings. The van der Waals surface area contributed by atoms with Crippen LogP contribution in [0.3, 0.4) is 0 Å². The minimum Gasteiger partial charge on any atom is -0.352 e. The molecule has 4 nitrogen and oxygen atoms in total. The number of halogens is 3. The Morgan fingerprint density at radius 1 is 1.03 bits per heavy atom. The first-order valence-electron chi connectivity index (χ1n) is 11.3. The van der Waals surface area contributed by atoms with Crippen LogP contribution in [-0.2, 0) is 16.1 Å². The normalized spacial score (nSPS) is 15.2. The molecule has 0 heterocycles. The predicted octanol–water partition coefficient (Wildman–Crippen LogP) is 7.00. The molecule has 2 amide bonds. The van der Waals surface area contributed by atoms with Crippen LogP contribution in [0.4, 0.5) is 0 Å². The zero-order chi connectivity index (χ0) is 23.8. The highest BCUT2D eigenvalue weighted by molar-refractivity contribution is 8.00. The highest BCUT2D eigenvalue weighted by Crippen LogP contribution is 2.26. The summed E-state index contributed by atoms with van der Waals surface area (Å²) in [5.74, 6) is -0.00834. The van der Waals surface area contributed by atoms with Gasteiger partial charge in [-0.25, -0.2) is 0 Å². The molecule has 1 aliphatic rings. The second-order valence-electron chi connectivity index (χ2n) is 8.27. The van der Waals surface area contributed by atoms with E-state index in [4.69, 9.17) is 34.8 Å². The summed E-state index contributed by atoms with van der Waals surface area (Å²) >= 11 is 19.8. The number of nitrogens with zero attached hydrogens (tertiary/aromatic N) is 1. The van der Waals surface area contributed by atoms with Crippen LogP contribution in [0.2, 0.25) is 15.1 Å². The Labute approximate surface area is 215 Å². The Morgan fingerprint density at radius 2 is 1.70 bits per heavy atom. The molecular formula is C25H29Cl3N2O2S. The summed E-state index contributed by atoms with van der Waals surface area (Å²) in [5.41, 5.74) is 0.759. The van der Waals surface area contributed by atoms with Crippen molar-refractivity contribution in [3.8, 4) is 0 Å². The van der Waals surface area contributed by atoms with Gasteiger partial charge in [-0.3, -0.25) is 9.59 Å². The number of carbonyl (C=O) groups is 2. The summed E-state index contributed by atoms with van der Waals surface area (Å²) in [6.07, 6.45) is 5.97. The standard InChI is InChI=1S/C25H29Cl3N2O2S/c1-2-23(25(32)29-20-6-4-3-5-7-20)30(15-17-8-9-19(27)14-22(17)28)24(31)16-33-21-12-10-18(26)11-13-21/h8-14,20,23H,2-7,15-16H2,1H3,(H,29,32)/t23-/m1/s1. The lowest BCUT2D eigenvalue weighted by atomic mass is 9.95. The largest absolute Gasteiger partial charge is 0.352 e. The number of nitrogens with one attached hydrogen (secondary N) is 1. The van der Waals surface area contributed by atoms with Crippen LogP contribution in [0.1, 0.15) is 51.0 Å².